The van der Waals surface area contributed by atoms with Gasteiger partial charge in [0.2, 0.25) is 0 Å². The number of unbranched alkanes of at least 4 members (excludes halogenated alkanes) is 1. The van der Waals surface area contributed by atoms with Gasteiger partial charge in [0.05, 0.1) is 12.6 Å². The molecule has 0 amide bonds. The molecular weight excluding hydrogens is 280 g/mol. The van der Waals surface area contributed by atoms with Crippen molar-refractivity contribution in [2.45, 2.75) is 26.2 Å². The summed E-state index contributed by atoms with van der Waals surface area (Å²) in [6, 6.07) is 5.52. The first-order valence-electron chi connectivity index (χ1n) is 7.38. The van der Waals surface area contributed by atoms with Crippen LogP contribution in [0.2, 0.25) is 0 Å². The van der Waals surface area contributed by atoms with Crippen molar-refractivity contribution >= 4 is 17.2 Å². The van der Waals surface area contributed by atoms with Crippen molar-refractivity contribution in [3.05, 3.63) is 42.0 Å². The predicted octanol–water partition coefficient (Wildman–Crippen LogP) is 2.09. The molecule has 0 spiro atoms. The molecule has 7 nitrogen and oxygen atoms in total. The highest BCUT2D eigenvalue weighted by Gasteiger charge is 2.14. The number of aromatic nitrogens is 5. The van der Waals surface area contributed by atoms with Crippen LogP contribution in [0.5, 0.6) is 0 Å². The molecule has 0 bridgehead atoms. The average Bonchev–Trinajstić information content (AvgIpc) is 3.16. The van der Waals surface area contributed by atoms with Gasteiger partial charge in [-0.1, -0.05) is 13.3 Å². The van der Waals surface area contributed by atoms with Crippen LogP contribution in [-0.2, 0) is 6.42 Å². The van der Waals surface area contributed by atoms with Crippen molar-refractivity contribution in [3.63, 3.8) is 0 Å². The molecule has 3 aromatic rings. The number of nitrogens with zero attached hydrogens (tertiary/aromatic N) is 4. The first kappa shape index (κ1) is 14.2. The van der Waals surface area contributed by atoms with E-state index in [-0.39, 0.29) is 12.2 Å². The summed E-state index contributed by atoms with van der Waals surface area (Å²) in [5.74, 6) is 0.699. The van der Waals surface area contributed by atoms with Crippen molar-refractivity contribution in [2.75, 3.05) is 11.9 Å². The first-order valence-corrected chi connectivity index (χ1v) is 7.38. The summed E-state index contributed by atoms with van der Waals surface area (Å²) in [7, 11) is 0. The van der Waals surface area contributed by atoms with Crippen LogP contribution in [0.25, 0.3) is 5.65 Å². The Labute approximate surface area is 127 Å². The number of hydrogen-bond donors (Lipinski definition) is 2. The third kappa shape index (κ3) is 2.98. The summed E-state index contributed by atoms with van der Waals surface area (Å²) in [5, 5.41) is 14.3. The van der Waals surface area contributed by atoms with E-state index < -0.39 is 0 Å². The highest BCUT2D eigenvalue weighted by atomic mass is 16.1. The summed E-state index contributed by atoms with van der Waals surface area (Å²) >= 11 is 0. The smallest absolute Gasteiger partial charge is 0.188 e. The molecule has 0 saturated carbocycles. The normalized spacial score (nSPS) is 11.0. The Hall–Kier alpha value is -2.70. The van der Waals surface area contributed by atoms with Gasteiger partial charge in [0.1, 0.15) is 11.5 Å². The number of anilines is 1. The van der Waals surface area contributed by atoms with Crippen LogP contribution in [0.3, 0.4) is 0 Å². The van der Waals surface area contributed by atoms with Crippen LogP contribution in [-0.4, -0.2) is 37.1 Å². The largest absolute Gasteiger partial charge is 0.369 e. The number of carbonyl (C=O) groups is 1. The Balaban J connectivity index is 1.82. The molecule has 0 aliphatic heterocycles. The Kier molecular flexibility index (Phi) is 4.13. The van der Waals surface area contributed by atoms with E-state index in [1.807, 2.05) is 12.1 Å². The second kappa shape index (κ2) is 6.38. The van der Waals surface area contributed by atoms with Crippen molar-refractivity contribution in [1.82, 2.24) is 24.8 Å². The lowest BCUT2D eigenvalue weighted by molar-refractivity contribution is 0.0985. The van der Waals surface area contributed by atoms with Crippen molar-refractivity contribution in [2.24, 2.45) is 0 Å². The number of H-pyrrole nitrogens is 1. The fourth-order valence-corrected chi connectivity index (χ4v) is 2.20. The fraction of sp³-hybridized carbons (Fsp3) is 0.333. The van der Waals surface area contributed by atoms with Gasteiger partial charge in [-0.3, -0.25) is 9.89 Å². The quantitative estimate of drug-likeness (QED) is 0.515. The van der Waals surface area contributed by atoms with E-state index in [1.165, 1.54) is 0 Å². The second-order valence-corrected chi connectivity index (χ2v) is 5.09. The lowest BCUT2D eigenvalue weighted by Gasteiger charge is -2.05. The SMILES string of the molecule is CCCCNc1ccc2ncc(C(=O)Cc3ccn[nH]3)n2n1. The zero-order chi connectivity index (χ0) is 15.4. The maximum absolute atomic E-state index is 12.4. The van der Waals surface area contributed by atoms with Gasteiger partial charge < -0.3 is 5.32 Å². The standard InChI is InChI=1S/C15H18N6O/c1-2-3-7-16-14-4-5-15-17-10-12(21(15)20-14)13(22)9-11-6-8-18-19-11/h4-6,8,10H,2-3,7,9H2,1H3,(H,16,20)(H,18,19). The molecular formula is C15H18N6O. The first-order chi connectivity index (χ1) is 10.8. The van der Waals surface area contributed by atoms with Crippen molar-refractivity contribution in [3.8, 4) is 0 Å². The molecule has 0 aliphatic rings. The molecule has 0 unspecified atom stereocenters. The van der Waals surface area contributed by atoms with Gasteiger partial charge >= 0.3 is 0 Å². The van der Waals surface area contributed by atoms with Crippen LogP contribution in [0.15, 0.2) is 30.6 Å². The van der Waals surface area contributed by atoms with E-state index in [0.717, 1.165) is 30.9 Å². The molecule has 3 aromatic heterocycles. The number of carbonyl (C=O) groups excluding carboxylic acids is 1. The Morgan fingerprint density at radius 3 is 3.05 bits per heavy atom. The van der Waals surface area contributed by atoms with Gasteiger partial charge in [-0.2, -0.15) is 5.10 Å². The highest BCUT2D eigenvalue weighted by molar-refractivity contribution is 5.96. The van der Waals surface area contributed by atoms with E-state index in [9.17, 15) is 4.79 Å². The van der Waals surface area contributed by atoms with Crippen LogP contribution >= 0.6 is 0 Å². The van der Waals surface area contributed by atoms with E-state index in [0.29, 0.717) is 11.3 Å². The predicted molar refractivity (Wildman–Crippen MR) is 83.0 cm³/mol. The van der Waals surface area contributed by atoms with Crippen molar-refractivity contribution in [1.29, 1.82) is 0 Å². The molecule has 0 aliphatic carbocycles. The molecule has 22 heavy (non-hydrogen) atoms. The molecule has 0 aromatic carbocycles. The number of imidazole rings is 1. The summed E-state index contributed by atoms with van der Waals surface area (Å²) in [6.07, 6.45) is 5.65. The molecule has 7 heteroatoms. The maximum Gasteiger partial charge on any atom is 0.188 e. The van der Waals surface area contributed by atoms with Crippen LogP contribution in [0.4, 0.5) is 5.82 Å². The van der Waals surface area contributed by atoms with Gasteiger partial charge in [0, 0.05) is 18.4 Å². The number of rotatable bonds is 7. The van der Waals surface area contributed by atoms with Crippen LogP contribution in [0, 0.1) is 0 Å². The van der Waals surface area contributed by atoms with Gasteiger partial charge in [-0.15, -0.1) is 5.10 Å². The molecule has 0 fully saturated rings. The average molecular weight is 298 g/mol. The monoisotopic (exact) mass is 298 g/mol. The van der Waals surface area contributed by atoms with Gasteiger partial charge in [-0.25, -0.2) is 9.50 Å². The fourth-order valence-electron chi connectivity index (χ4n) is 2.20. The van der Waals surface area contributed by atoms with E-state index >= 15 is 0 Å². The number of ketones is 1. The number of aromatic amines is 1. The molecule has 3 rings (SSSR count). The Morgan fingerprint density at radius 2 is 2.27 bits per heavy atom. The number of hydrogen-bond acceptors (Lipinski definition) is 5. The minimum atomic E-state index is -0.0463. The van der Waals surface area contributed by atoms with Crippen molar-refractivity contribution < 1.29 is 4.79 Å². The van der Waals surface area contributed by atoms with E-state index in [4.69, 9.17) is 0 Å². The summed E-state index contributed by atoms with van der Waals surface area (Å²) < 4.78 is 1.59. The lowest BCUT2D eigenvalue weighted by atomic mass is 10.2. The molecule has 114 valence electrons. The van der Waals surface area contributed by atoms with E-state index in [2.05, 4.69) is 32.5 Å². The third-order valence-electron chi connectivity index (χ3n) is 3.39. The Morgan fingerprint density at radius 1 is 1.36 bits per heavy atom. The third-order valence-corrected chi connectivity index (χ3v) is 3.39. The molecule has 0 radical (unpaired) electrons. The minimum Gasteiger partial charge on any atom is -0.369 e. The molecule has 0 atom stereocenters. The maximum atomic E-state index is 12.4. The molecule has 3 heterocycles. The van der Waals surface area contributed by atoms with Gasteiger partial charge in [-0.05, 0) is 24.6 Å². The summed E-state index contributed by atoms with van der Waals surface area (Å²) in [6.45, 7) is 3.00. The summed E-state index contributed by atoms with van der Waals surface area (Å²) in [5.41, 5.74) is 1.91. The number of nitrogens with one attached hydrogen (secondary N) is 2. The number of fused-ring (bicyclic) bond motifs is 1. The minimum absolute atomic E-state index is 0.0463. The molecule has 0 saturated heterocycles. The second-order valence-electron chi connectivity index (χ2n) is 5.09. The molecule has 2 N–H and O–H groups in total. The van der Waals surface area contributed by atoms with Gasteiger partial charge in [0.15, 0.2) is 11.4 Å². The summed E-state index contributed by atoms with van der Waals surface area (Å²) in [4.78, 5) is 16.6. The zero-order valence-electron chi connectivity index (χ0n) is 12.4. The number of Topliss-reactive ketones (excluding diaryl/α,β-unsaturated/α-hetero) is 1. The zero-order valence-corrected chi connectivity index (χ0v) is 12.4. The van der Waals surface area contributed by atoms with Gasteiger partial charge in [0.25, 0.3) is 0 Å². The van der Waals surface area contributed by atoms with E-state index in [1.54, 1.807) is 23.0 Å². The topological polar surface area (TPSA) is 88.0 Å². The highest BCUT2D eigenvalue weighted by Crippen LogP contribution is 2.11. The Bertz CT molecular complexity index is 762. The van der Waals surface area contributed by atoms with Crippen LogP contribution in [0.1, 0.15) is 35.9 Å². The lowest BCUT2D eigenvalue weighted by Crippen LogP contribution is -2.11. The van der Waals surface area contributed by atoms with Crippen LogP contribution < -0.4 is 5.32 Å².